The number of nitrogens with one attached hydrogen (secondary N) is 1. The zero-order valence-corrected chi connectivity index (χ0v) is 16.2. The summed E-state index contributed by atoms with van der Waals surface area (Å²) in [6, 6.07) is 13.4. The Labute approximate surface area is 160 Å². The van der Waals surface area contributed by atoms with Crippen LogP contribution in [0.2, 0.25) is 0 Å². The van der Waals surface area contributed by atoms with Crippen molar-refractivity contribution in [2.75, 3.05) is 11.9 Å². The van der Waals surface area contributed by atoms with Crippen molar-refractivity contribution < 1.29 is 14.3 Å². The van der Waals surface area contributed by atoms with Crippen LogP contribution in [0.3, 0.4) is 0 Å². The van der Waals surface area contributed by atoms with Crippen LogP contribution in [0.15, 0.2) is 47.8 Å². The van der Waals surface area contributed by atoms with Crippen LogP contribution in [0.1, 0.15) is 27.7 Å². The summed E-state index contributed by atoms with van der Waals surface area (Å²) >= 11 is 2.97. The van der Waals surface area contributed by atoms with Crippen LogP contribution >= 0.6 is 22.7 Å². The highest BCUT2D eigenvalue weighted by Crippen LogP contribution is 2.42. The van der Waals surface area contributed by atoms with Gasteiger partial charge in [0.25, 0.3) is 0 Å². The van der Waals surface area contributed by atoms with Gasteiger partial charge in [-0.15, -0.1) is 22.7 Å². The number of thiophene rings is 2. The summed E-state index contributed by atoms with van der Waals surface area (Å²) in [4.78, 5) is 27.0. The van der Waals surface area contributed by atoms with E-state index in [0.717, 1.165) is 20.9 Å². The van der Waals surface area contributed by atoms with Crippen molar-refractivity contribution in [2.24, 2.45) is 0 Å². The molecule has 1 N–H and O–H groups in total. The molecule has 0 radical (unpaired) electrons. The molecule has 0 spiro atoms. The largest absolute Gasteiger partial charge is 0.462 e. The van der Waals surface area contributed by atoms with E-state index in [0.29, 0.717) is 10.6 Å². The highest BCUT2D eigenvalue weighted by Gasteiger charge is 2.25. The quantitative estimate of drug-likeness (QED) is 0.598. The molecule has 0 atom stereocenters. The fourth-order valence-electron chi connectivity index (χ4n) is 2.70. The van der Waals surface area contributed by atoms with Gasteiger partial charge in [-0.05, 0) is 30.9 Å². The summed E-state index contributed by atoms with van der Waals surface area (Å²) in [5.74, 6) is -0.559. The van der Waals surface area contributed by atoms with Gasteiger partial charge in [0.2, 0.25) is 5.91 Å². The minimum Gasteiger partial charge on any atom is -0.462 e. The molecule has 0 bridgehead atoms. The molecule has 3 rings (SSSR count). The maximum atomic E-state index is 12.6. The number of benzene rings is 1. The molecule has 2 aromatic heterocycles. The van der Waals surface area contributed by atoms with Crippen LogP contribution < -0.4 is 5.32 Å². The van der Waals surface area contributed by atoms with Gasteiger partial charge in [-0.25, -0.2) is 4.79 Å². The Morgan fingerprint density at radius 1 is 1.12 bits per heavy atom. The average Bonchev–Trinajstić information content (AvgIpc) is 3.23. The van der Waals surface area contributed by atoms with Gasteiger partial charge in [0.05, 0.1) is 13.0 Å². The molecule has 26 heavy (non-hydrogen) atoms. The van der Waals surface area contributed by atoms with Crippen LogP contribution in [0.25, 0.3) is 10.4 Å². The van der Waals surface area contributed by atoms with E-state index in [-0.39, 0.29) is 18.9 Å². The molecule has 0 aliphatic heterocycles. The molecule has 0 saturated carbocycles. The second-order valence-electron chi connectivity index (χ2n) is 5.65. The fraction of sp³-hybridized carbons (Fsp3) is 0.200. The van der Waals surface area contributed by atoms with E-state index >= 15 is 0 Å². The Hall–Kier alpha value is -2.44. The van der Waals surface area contributed by atoms with Crippen molar-refractivity contribution in [1.29, 1.82) is 0 Å². The molecule has 1 amide bonds. The molecule has 134 valence electrons. The molecule has 1 aromatic carbocycles. The van der Waals surface area contributed by atoms with Gasteiger partial charge in [0, 0.05) is 15.3 Å². The Morgan fingerprint density at radius 2 is 1.88 bits per heavy atom. The van der Waals surface area contributed by atoms with Crippen LogP contribution in [0.4, 0.5) is 5.00 Å². The van der Waals surface area contributed by atoms with Crippen molar-refractivity contribution in [2.45, 2.75) is 20.3 Å². The molecular weight excluding hydrogens is 366 g/mol. The molecule has 4 nitrogen and oxygen atoms in total. The zero-order valence-electron chi connectivity index (χ0n) is 14.6. The van der Waals surface area contributed by atoms with Crippen LogP contribution in [0.5, 0.6) is 0 Å². The number of carbonyl (C=O) groups excluding carboxylic acids is 2. The number of hydrogen-bond acceptors (Lipinski definition) is 5. The Balaban J connectivity index is 1.92. The third-order valence-electron chi connectivity index (χ3n) is 3.79. The number of esters is 1. The normalized spacial score (nSPS) is 10.5. The van der Waals surface area contributed by atoms with E-state index in [2.05, 4.69) is 5.32 Å². The van der Waals surface area contributed by atoms with Crippen LogP contribution in [-0.2, 0) is 16.0 Å². The summed E-state index contributed by atoms with van der Waals surface area (Å²) in [7, 11) is 0. The number of hydrogen-bond donors (Lipinski definition) is 1. The summed E-state index contributed by atoms with van der Waals surface area (Å²) in [5, 5.41) is 5.42. The maximum absolute atomic E-state index is 12.6. The van der Waals surface area contributed by atoms with Crippen molar-refractivity contribution in [1.82, 2.24) is 0 Å². The first-order valence-corrected chi connectivity index (χ1v) is 9.98. The minimum atomic E-state index is -0.407. The van der Waals surface area contributed by atoms with Crippen molar-refractivity contribution in [3.8, 4) is 10.4 Å². The summed E-state index contributed by atoms with van der Waals surface area (Å²) in [6.07, 6.45) is 0.258. The van der Waals surface area contributed by atoms with Crippen molar-refractivity contribution >= 4 is 39.6 Å². The highest BCUT2D eigenvalue weighted by atomic mass is 32.1. The van der Waals surface area contributed by atoms with Crippen molar-refractivity contribution in [3.63, 3.8) is 0 Å². The molecule has 3 aromatic rings. The van der Waals surface area contributed by atoms with E-state index in [1.807, 2.05) is 54.8 Å². The second kappa shape index (κ2) is 8.29. The third kappa shape index (κ3) is 4.03. The lowest BCUT2D eigenvalue weighted by Crippen LogP contribution is -2.16. The molecule has 0 aliphatic rings. The SMILES string of the molecule is CCOC(=O)c1c(NC(=O)Cc2ccccc2)sc(C)c1-c1cccs1. The van der Waals surface area contributed by atoms with Gasteiger partial charge in [-0.3, -0.25) is 4.79 Å². The minimum absolute atomic E-state index is 0.152. The average molecular weight is 386 g/mol. The summed E-state index contributed by atoms with van der Waals surface area (Å²) in [6.45, 7) is 4.01. The van der Waals surface area contributed by atoms with Gasteiger partial charge in [-0.2, -0.15) is 0 Å². The Bertz CT molecular complexity index is 899. The molecule has 0 unspecified atom stereocenters. The standard InChI is InChI=1S/C20H19NO3S2/c1-3-24-20(23)18-17(15-10-7-11-25-15)13(2)26-19(18)21-16(22)12-14-8-5-4-6-9-14/h4-11H,3,12H2,1-2H3,(H,21,22). The highest BCUT2D eigenvalue weighted by molar-refractivity contribution is 7.18. The second-order valence-corrected chi connectivity index (χ2v) is 7.82. The van der Waals surface area contributed by atoms with Gasteiger partial charge < -0.3 is 10.1 Å². The summed E-state index contributed by atoms with van der Waals surface area (Å²) in [5.41, 5.74) is 2.21. The first-order chi connectivity index (χ1) is 12.6. The smallest absolute Gasteiger partial charge is 0.341 e. The summed E-state index contributed by atoms with van der Waals surface area (Å²) < 4.78 is 5.24. The monoisotopic (exact) mass is 385 g/mol. The van der Waals surface area contributed by atoms with E-state index in [1.165, 1.54) is 11.3 Å². The Kier molecular flexibility index (Phi) is 5.85. The maximum Gasteiger partial charge on any atom is 0.341 e. The first-order valence-electron chi connectivity index (χ1n) is 8.28. The van der Waals surface area contributed by atoms with E-state index in [1.54, 1.807) is 18.3 Å². The van der Waals surface area contributed by atoms with Crippen molar-refractivity contribution in [3.05, 3.63) is 63.8 Å². The third-order valence-corrected chi connectivity index (χ3v) is 5.70. The van der Waals surface area contributed by atoms with E-state index < -0.39 is 5.97 Å². The number of ether oxygens (including phenoxy) is 1. The number of carbonyl (C=O) groups is 2. The molecule has 2 heterocycles. The lowest BCUT2D eigenvalue weighted by atomic mass is 10.1. The molecular formula is C20H19NO3S2. The predicted octanol–water partition coefficient (Wildman–Crippen LogP) is 5.14. The predicted molar refractivity (Wildman–Crippen MR) is 107 cm³/mol. The van der Waals surface area contributed by atoms with Crippen LogP contribution in [-0.4, -0.2) is 18.5 Å². The molecule has 0 fully saturated rings. The molecule has 6 heteroatoms. The lowest BCUT2D eigenvalue weighted by molar-refractivity contribution is -0.115. The van der Waals surface area contributed by atoms with Gasteiger partial charge in [0.15, 0.2) is 0 Å². The Morgan fingerprint density at radius 3 is 2.54 bits per heavy atom. The topological polar surface area (TPSA) is 55.4 Å². The lowest BCUT2D eigenvalue weighted by Gasteiger charge is -2.08. The number of rotatable bonds is 6. The molecule has 0 aliphatic carbocycles. The van der Waals surface area contributed by atoms with Gasteiger partial charge in [-0.1, -0.05) is 36.4 Å². The van der Waals surface area contributed by atoms with Gasteiger partial charge in [0.1, 0.15) is 10.6 Å². The zero-order chi connectivity index (χ0) is 18.5. The fourth-order valence-corrected chi connectivity index (χ4v) is 4.67. The number of amides is 1. The number of anilines is 1. The van der Waals surface area contributed by atoms with Crippen LogP contribution in [0, 0.1) is 6.92 Å². The molecule has 0 saturated heterocycles. The van der Waals surface area contributed by atoms with Gasteiger partial charge >= 0.3 is 5.97 Å². The first kappa shape index (κ1) is 18.4. The number of aryl methyl sites for hydroxylation is 1. The van der Waals surface area contributed by atoms with E-state index in [4.69, 9.17) is 4.74 Å². The van der Waals surface area contributed by atoms with E-state index in [9.17, 15) is 9.59 Å².